The fourth-order valence-corrected chi connectivity index (χ4v) is 2.82. The molecule has 3 nitrogen and oxygen atoms in total. The number of rotatable bonds is 4. The van der Waals surface area contributed by atoms with Crippen LogP contribution in [-0.2, 0) is 6.42 Å². The van der Waals surface area contributed by atoms with Gasteiger partial charge in [0.25, 0.3) is 0 Å². The maximum Gasteiger partial charge on any atom is 0.115 e. The van der Waals surface area contributed by atoms with Gasteiger partial charge in [0, 0.05) is 23.9 Å². The van der Waals surface area contributed by atoms with Gasteiger partial charge >= 0.3 is 0 Å². The van der Waals surface area contributed by atoms with Crippen molar-refractivity contribution in [2.75, 3.05) is 6.54 Å². The van der Waals surface area contributed by atoms with Crippen LogP contribution in [0.1, 0.15) is 38.8 Å². The Labute approximate surface area is 97.7 Å². The molecule has 88 valence electrons. The van der Waals surface area contributed by atoms with Crippen LogP contribution in [-0.4, -0.2) is 22.1 Å². The van der Waals surface area contributed by atoms with Crippen LogP contribution in [0.2, 0.25) is 0 Å². The molecular formula is C13H21N3. The molecule has 0 amide bonds. The van der Waals surface area contributed by atoms with Crippen molar-refractivity contribution in [1.82, 2.24) is 15.3 Å². The molecule has 2 heterocycles. The highest BCUT2D eigenvalue weighted by Gasteiger charge is 2.34. The number of hydrogen-bond donors (Lipinski definition) is 1. The molecule has 1 saturated heterocycles. The number of hydrogen-bond acceptors (Lipinski definition) is 3. The third-order valence-electron chi connectivity index (χ3n) is 3.29. The molecule has 1 aliphatic heterocycles. The molecule has 0 saturated carbocycles. The summed E-state index contributed by atoms with van der Waals surface area (Å²) in [5, 5.41) is 3.69. The Morgan fingerprint density at radius 3 is 2.94 bits per heavy atom. The summed E-state index contributed by atoms with van der Waals surface area (Å²) in [6.45, 7) is 5.74. The van der Waals surface area contributed by atoms with E-state index in [9.17, 15) is 0 Å². The van der Waals surface area contributed by atoms with Gasteiger partial charge in [-0.1, -0.05) is 13.8 Å². The summed E-state index contributed by atoms with van der Waals surface area (Å²) in [7, 11) is 0. The van der Waals surface area contributed by atoms with Gasteiger partial charge < -0.3 is 5.32 Å². The van der Waals surface area contributed by atoms with E-state index in [1.165, 1.54) is 19.3 Å². The zero-order valence-corrected chi connectivity index (χ0v) is 10.2. The van der Waals surface area contributed by atoms with Crippen LogP contribution in [0, 0.1) is 5.92 Å². The van der Waals surface area contributed by atoms with E-state index in [-0.39, 0.29) is 5.54 Å². The zero-order chi connectivity index (χ0) is 11.4. The van der Waals surface area contributed by atoms with E-state index in [1.54, 1.807) is 6.33 Å². The Balaban J connectivity index is 2.08. The van der Waals surface area contributed by atoms with Crippen LogP contribution in [0.3, 0.4) is 0 Å². The average molecular weight is 219 g/mol. The lowest BCUT2D eigenvalue weighted by molar-refractivity contribution is 0.299. The van der Waals surface area contributed by atoms with Gasteiger partial charge in [0.1, 0.15) is 6.33 Å². The number of nitrogens with zero attached hydrogens (tertiary/aromatic N) is 2. The van der Waals surface area contributed by atoms with Gasteiger partial charge in [-0.3, -0.25) is 0 Å². The van der Waals surface area contributed by atoms with E-state index in [1.807, 2.05) is 12.3 Å². The van der Waals surface area contributed by atoms with Crippen molar-refractivity contribution in [1.29, 1.82) is 0 Å². The van der Waals surface area contributed by atoms with Crippen LogP contribution in [0.25, 0.3) is 0 Å². The summed E-state index contributed by atoms with van der Waals surface area (Å²) in [4.78, 5) is 8.32. The molecule has 1 N–H and O–H groups in total. The van der Waals surface area contributed by atoms with E-state index < -0.39 is 0 Å². The molecule has 0 radical (unpaired) electrons. The van der Waals surface area contributed by atoms with Crippen LogP contribution >= 0.6 is 0 Å². The SMILES string of the molecule is CC(C)CC1(Cc2ccncn2)CCCN1. The number of nitrogens with one attached hydrogen (secondary N) is 1. The minimum Gasteiger partial charge on any atom is -0.311 e. The van der Waals surface area contributed by atoms with Gasteiger partial charge in [0.05, 0.1) is 0 Å². The van der Waals surface area contributed by atoms with Crippen molar-refractivity contribution in [3.05, 3.63) is 24.3 Å². The van der Waals surface area contributed by atoms with Gasteiger partial charge in [-0.2, -0.15) is 0 Å². The van der Waals surface area contributed by atoms with Crippen molar-refractivity contribution < 1.29 is 0 Å². The fourth-order valence-electron chi connectivity index (χ4n) is 2.82. The zero-order valence-electron chi connectivity index (χ0n) is 10.2. The molecule has 1 atom stereocenters. The first kappa shape index (κ1) is 11.5. The number of aromatic nitrogens is 2. The van der Waals surface area contributed by atoms with E-state index >= 15 is 0 Å². The third-order valence-corrected chi connectivity index (χ3v) is 3.29. The van der Waals surface area contributed by atoms with Crippen LogP contribution < -0.4 is 5.32 Å². The Hall–Kier alpha value is -0.960. The highest BCUT2D eigenvalue weighted by atomic mass is 15.0. The van der Waals surface area contributed by atoms with Crippen molar-refractivity contribution in [3.8, 4) is 0 Å². The minimum absolute atomic E-state index is 0.280. The summed E-state index contributed by atoms with van der Waals surface area (Å²) < 4.78 is 0. The first-order valence-corrected chi connectivity index (χ1v) is 6.20. The lowest BCUT2D eigenvalue weighted by Crippen LogP contribution is -2.43. The molecule has 0 aromatic carbocycles. The molecule has 1 aliphatic rings. The molecule has 3 heteroatoms. The summed E-state index contributed by atoms with van der Waals surface area (Å²) in [6.07, 6.45) is 8.31. The second kappa shape index (κ2) is 4.91. The van der Waals surface area contributed by atoms with Gasteiger partial charge in [-0.25, -0.2) is 9.97 Å². The molecule has 16 heavy (non-hydrogen) atoms. The highest BCUT2D eigenvalue weighted by Crippen LogP contribution is 2.29. The topological polar surface area (TPSA) is 37.8 Å². The maximum atomic E-state index is 4.34. The Morgan fingerprint density at radius 2 is 2.38 bits per heavy atom. The van der Waals surface area contributed by atoms with Crippen molar-refractivity contribution in [3.63, 3.8) is 0 Å². The van der Waals surface area contributed by atoms with Gasteiger partial charge in [-0.15, -0.1) is 0 Å². The van der Waals surface area contributed by atoms with Crippen molar-refractivity contribution in [2.45, 2.75) is 45.1 Å². The van der Waals surface area contributed by atoms with Crippen LogP contribution in [0.15, 0.2) is 18.6 Å². The first-order valence-electron chi connectivity index (χ1n) is 6.20. The normalized spacial score (nSPS) is 25.2. The van der Waals surface area contributed by atoms with E-state index in [0.717, 1.165) is 24.6 Å². The summed E-state index contributed by atoms with van der Waals surface area (Å²) in [5.74, 6) is 0.729. The maximum absolute atomic E-state index is 4.34. The molecule has 0 bridgehead atoms. The summed E-state index contributed by atoms with van der Waals surface area (Å²) in [6, 6.07) is 2.03. The Morgan fingerprint density at radius 1 is 1.50 bits per heavy atom. The largest absolute Gasteiger partial charge is 0.311 e. The molecule has 1 aromatic heterocycles. The smallest absolute Gasteiger partial charge is 0.115 e. The lowest BCUT2D eigenvalue weighted by atomic mass is 9.83. The molecule has 0 spiro atoms. The van der Waals surface area contributed by atoms with E-state index in [0.29, 0.717) is 0 Å². The summed E-state index contributed by atoms with van der Waals surface area (Å²) >= 11 is 0. The second-order valence-electron chi connectivity index (χ2n) is 5.29. The highest BCUT2D eigenvalue weighted by molar-refractivity contribution is 5.07. The molecule has 2 rings (SSSR count). The molecule has 1 aromatic rings. The van der Waals surface area contributed by atoms with Crippen molar-refractivity contribution >= 4 is 0 Å². The van der Waals surface area contributed by atoms with Gasteiger partial charge in [-0.05, 0) is 37.8 Å². The molecule has 1 fully saturated rings. The third kappa shape index (κ3) is 2.79. The van der Waals surface area contributed by atoms with Crippen molar-refractivity contribution in [2.24, 2.45) is 5.92 Å². The van der Waals surface area contributed by atoms with Crippen LogP contribution in [0.4, 0.5) is 0 Å². The fraction of sp³-hybridized carbons (Fsp3) is 0.692. The molecular weight excluding hydrogens is 198 g/mol. The monoisotopic (exact) mass is 219 g/mol. The molecule has 0 aliphatic carbocycles. The molecule has 1 unspecified atom stereocenters. The Bertz CT molecular complexity index is 315. The predicted molar refractivity (Wildman–Crippen MR) is 65.2 cm³/mol. The summed E-state index contributed by atoms with van der Waals surface area (Å²) in [5.41, 5.74) is 1.44. The van der Waals surface area contributed by atoms with E-state index in [4.69, 9.17) is 0 Å². The lowest BCUT2D eigenvalue weighted by Gasteiger charge is -2.31. The Kier molecular flexibility index (Phi) is 3.54. The minimum atomic E-state index is 0.280. The van der Waals surface area contributed by atoms with Gasteiger partial charge in [0.2, 0.25) is 0 Å². The first-order chi connectivity index (χ1) is 7.70. The second-order valence-corrected chi connectivity index (χ2v) is 5.29. The van der Waals surface area contributed by atoms with Crippen LogP contribution in [0.5, 0.6) is 0 Å². The average Bonchev–Trinajstić information content (AvgIpc) is 2.66. The predicted octanol–water partition coefficient (Wildman–Crippen LogP) is 2.19. The quantitative estimate of drug-likeness (QED) is 0.843. The van der Waals surface area contributed by atoms with E-state index in [2.05, 4.69) is 29.1 Å². The van der Waals surface area contributed by atoms with Gasteiger partial charge in [0.15, 0.2) is 0 Å². The standard InChI is InChI=1S/C13H21N3/c1-11(2)8-13(5-3-6-16-13)9-12-4-7-14-10-15-12/h4,7,10-11,16H,3,5-6,8-9H2,1-2H3.